The minimum absolute atomic E-state index is 0.0555. The summed E-state index contributed by atoms with van der Waals surface area (Å²) in [6, 6.07) is 4.64. The zero-order valence-electron chi connectivity index (χ0n) is 13.9. The number of carboxylic acids is 1. The van der Waals surface area contributed by atoms with Crippen LogP contribution in [0, 0.1) is 5.82 Å². The molecule has 0 bridgehead atoms. The molecule has 1 aromatic rings. The molecule has 0 saturated carbocycles. The van der Waals surface area contributed by atoms with E-state index in [1.165, 1.54) is 30.8 Å². The molecule has 7 heteroatoms. The van der Waals surface area contributed by atoms with Crippen molar-refractivity contribution < 1.29 is 24.5 Å². The van der Waals surface area contributed by atoms with Crippen molar-refractivity contribution in [2.24, 2.45) is 0 Å². The largest absolute Gasteiger partial charge is 0.481 e. The average Bonchev–Trinajstić information content (AvgIpc) is 2.49. The van der Waals surface area contributed by atoms with Gasteiger partial charge in [0.15, 0.2) is 0 Å². The zero-order valence-corrected chi connectivity index (χ0v) is 16.3. The van der Waals surface area contributed by atoms with Crippen LogP contribution in [0.4, 0.5) is 4.39 Å². The van der Waals surface area contributed by atoms with Gasteiger partial charge in [0, 0.05) is 17.1 Å². The first-order valence-corrected chi connectivity index (χ1v) is 9.68. The smallest absolute Gasteiger partial charge is 0.313 e. The maximum absolute atomic E-state index is 14.3. The van der Waals surface area contributed by atoms with Gasteiger partial charge < -0.3 is 15.3 Å². The summed E-state index contributed by atoms with van der Waals surface area (Å²) in [4.78, 5) is 11.8. The van der Waals surface area contributed by atoms with Crippen molar-refractivity contribution in [3.05, 3.63) is 34.1 Å². The number of rotatable bonds is 10. The molecule has 0 spiro atoms. The summed E-state index contributed by atoms with van der Waals surface area (Å²) in [7, 11) is 0. The van der Waals surface area contributed by atoms with Gasteiger partial charge in [0.1, 0.15) is 5.82 Å². The van der Waals surface area contributed by atoms with E-state index < -0.39 is 22.8 Å². The number of carboxylic acid groups (broad SMARTS) is 1. The molecule has 2 unspecified atom stereocenters. The van der Waals surface area contributed by atoms with Crippen LogP contribution in [0.3, 0.4) is 0 Å². The first kappa shape index (κ1) is 21.4. The molecular weight excluding hydrogens is 399 g/mol. The number of hydrogen-bond acceptors (Lipinski definition) is 4. The van der Waals surface area contributed by atoms with E-state index in [0.29, 0.717) is 24.3 Å². The van der Waals surface area contributed by atoms with Crippen molar-refractivity contribution in [3.63, 3.8) is 0 Å². The number of aliphatic hydroxyl groups excluding tert-OH is 1. The van der Waals surface area contributed by atoms with Crippen molar-refractivity contribution in [3.8, 4) is 0 Å². The van der Waals surface area contributed by atoms with Crippen molar-refractivity contribution in [1.82, 2.24) is 0 Å². The van der Waals surface area contributed by atoms with E-state index in [1.807, 2.05) is 0 Å². The fourth-order valence-electron chi connectivity index (χ4n) is 2.54. The van der Waals surface area contributed by atoms with E-state index in [9.17, 15) is 19.4 Å². The number of halogens is 2. The Morgan fingerprint density at radius 2 is 2.00 bits per heavy atom. The Labute approximate surface area is 154 Å². The van der Waals surface area contributed by atoms with Gasteiger partial charge in [0.25, 0.3) is 0 Å². The summed E-state index contributed by atoms with van der Waals surface area (Å²) in [5.41, 5.74) is -2.17. The number of thioether (sulfide) groups is 1. The Morgan fingerprint density at radius 1 is 1.33 bits per heavy atom. The number of carbonyl (C=O) groups is 1. The van der Waals surface area contributed by atoms with Gasteiger partial charge in [-0.05, 0) is 55.1 Å². The molecule has 4 nitrogen and oxygen atoms in total. The third kappa shape index (κ3) is 5.72. The van der Waals surface area contributed by atoms with E-state index >= 15 is 0 Å². The van der Waals surface area contributed by atoms with Crippen LogP contribution in [-0.2, 0) is 10.2 Å². The van der Waals surface area contributed by atoms with Crippen molar-refractivity contribution >= 4 is 33.7 Å². The van der Waals surface area contributed by atoms with E-state index in [1.54, 1.807) is 13.0 Å². The molecule has 2 atom stereocenters. The van der Waals surface area contributed by atoms with Gasteiger partial charge in [0.2, 0.25) is 0 Å². The van der Waals surface area contributed by atoms with Crippen LogP contribution in [0.25, 0.3) is 0 Å². The highest BCUT2D eigenvalue weighted by Gasteiger charge is 2.38. The molecule has 24 heavy (non-hydrogen) atoms. The van der Waals surface area contributed by atoms with Crippen LogP contribution < -0.4 is 0 Å². The predicted molar refractivity (Wildman–Crippen MR) is 98.0 cm³/mol. The minimum atomic E-state index is -1.36. The molecule has 0 saturated heterocycles. The van der Waals surface area contributed by atoms with E-state index in [2.05, 4.69) is 15.9 Å². The Morgan fingerprint density at radius 3 is 2.58 bits per heavy atom. The molecule has 0 aliphatic heterocycles. The lowest BCUT2D eigenvalue weighted by Crippen LogP contribution is -2.35. The first-order chi connectivity index (χ1) is 11.1. The standard InChI is InChI=1S/C17H24BrFO4S/c1-16(23,11-24-10-9-20)7-4-8-17(2,15(21)22)12-5-3-6-13(18)14(12)19/h3,5-6,20,23H,4,7-11H2,1-2H3,(H,21,22). The fourth-order valence-corrected chi connectivity index (χ4v) is 3.76. The van der Waals surface area contributed by atoms with Gasteiger partial charge in [-0.25, -0.2) is 4.39 Å². The topological polar surface area (TPSA) is 77.8 Å². The Hall–Kier alpha value is -0.630. The van der Waals surface area contributed by atoms with E-state index in [0.717, 1.165) is 0 Å². The minimum Gasteiger partial charge on any atom is -0.481 e. The van der Waals surface area contributed by atoms with Gasteiger partial charge in [-0.1, -0.05) is 12.1 Å². The number of benzene rings is 1. The third-order valence-electron chi connectivity index (χ3n) is 4.06. The molecule has 0 fully saturated rings. The van der Waals surface area contributed by atoms with Crippen molar-refractivity contribution in [1.29, 1.82) is 0 Å². The van der Waals surface area contributed by atoms with Gasteiger partial charge in [-0.15, -0.1) is 0 Å². The third-order valence-corrected chi connectivity index (χ3v) is 5.97. The normalized spacial score (nSPS) is 16.4. The average molecular weight is 423 g/mol. The predicted octanol–water partition coefficient (Wildman–Crippen LogP) is 3.58. The maximum Gasteiger partial charge on any atom is 0.313 e. The number of aliphatic carboxylic acids is 1. The molecule has 136 valence electrons. The highest BCUT2D eigenvalue weighted by molar-refractivity contribution is 9.10. The summed E-state index contributed by atoms with van der Waals surface area (Å²) in [5.74, 6) is -0.643. The van der Waals surface area contributed by atoms with Crippen LogP contribution >= 0.6 is 27.7 Å². The Bertz CT molecular complexity index is 568. The molecule has 0 aliphatic carbocycles. The number of hydrogen-bond donors (Lipinski definition) is 3. The highest BCUT2D eigenvalue weighted by Crippen LogP contribution is 2.35. The summed E-state index contributed by atoms with van der Waals surface area (Å²) in [5, 5.41) is 28.7. The summed E-state index contributed by atoms with van der Waals surface area (Å²) in [6.07, 6.45) is 1.07. The van der Waals surface area contributed by atoms with Crippen LogP contribution in [0.1, 0.15) is 38.7 Å². The van der Waals surface area contributed by atoms with E-state index in [4.69, 9.17) is 5.11 Å². The monoisotopic (exact) mass is 422 g/mol. The molecule has 3 N–H and O–H groups in total. The molecule has 0 aliphatic rings. The van der Waals surface area contributed by atoms with Crippen molar-refractivity contribution in [2.75, 3.05) is 18.1 Å². The van der Waals surface area contributed by atoms with E-state index in [-0.39, 0.29) is 23.1 Å². The molecule has 1 aromatic carbocycles. The molecular formula is C17H24BrFO4S. The summed E-state index contributed by atoms with van der Waals surface area (Å²) >= 11 is 4.53. The van der Waals surface area contributed by atoms with Crippen LogP contribution in [0.5, 0.6) is 0 Å². The van der Waals surface area contributed by atoms with Crippen molar-refractivity contribution in [2.45, 2.75) is 44.1 Å². The molecule has 0 radical (unpaired) electrons. The lowest BCUT2D eigenvalue weighted by molar-refractivity contribution is -0.143. The fraction of sp³-hybridized carbons (Fsp3) is 0.588. The van der Waals surface area contributed by atoms with Gasteiger partial charge in [0.05, 0.1) is 22.1 Å². The maximum atomic E-state index is 14.3. The summed E-state index contributed by atoms with van der Waals surface area (Å²) < 4.78 is 14.6. The van der Waals surface area contributed by atoms with Gasteiger partial charge in [-0.2, -0.15) is 11.8 Å². The second-order valence-corrected chi connectivity index (χ2v) is 8.32. The lowest BCUT2D eigenvalue weighted by atomic mass is 9.77. The molecule has 0 heterocycles. The van der Waals surface area contributed by atoms with Crippen LogP contribution in [0.15, 0.2) is 22.7 Å². The second kappa shape index (κ2) is 9.17. The lowest BCUT2D eigenvalue weighted by Gasteiger charge is -2.28. The first-order valence-electron chi connectivity index (χ1n) is 7.73. The molecule has 0 amide bonds. The van der Waals surface area contributed by atoms with Crippen LogP contribution in [0.2, 0.25) is 0 Å². The Kier molecular flexibility index (Phi) is 8.19. The zero-order chi connectivity index (χ0) is 18.4. The SMILES string of the molecule is CC(O)(CCCC(C)(C(=O)O)c1cccc(Br)c1F)CSCCO. The highest BCUT2D eigenvalue weighted by atomic mass is 79.9. The van der Waals surface area contributed by atoms with Gasteiger partial charge >= 0.3 is 5.97 Å². The number of aliphatic hydroxyl groups is 2. The quantitative estimate of drug-likeness (QED) is 0.502. The second-order valence-electron chi connectivity index (χ2n) is 6.37. The molecule has 1 rings (SSSR count). The van der Waals surface area contributed by atoms with Crippen LogP contribution in [-0.4, -0.2) is 45.0 Å². The Balaban J connectivity index is 2.80. The molecule has 0 aromatic heterocycles. The summed E-state index contributed by atoms with van der Waals surface area (Å²) in [6.45, 7) is 3.25. The van der Waals surface area contributed by atoms with Gasteiger partial charge in [-0.3, -0.25) is 4.79 Å².